The second kappa shape index (κ2) is 5.03. The highest BCUT2D eigenvalue weighted by molar-refractivity contribution is 5.36. The van der Waals surface area contributed by atoms with Crippen molar-refractivity contribution in [2.24, 2.45) is 0 Å². The molecule has 0 aliphatic carbocycles. The van der Waals surface area contributed by atoms with Crippen LogP contribution in [-0.4, -0.2) is 0 Å². The molecule has 0 aromatic heterocycles. The number of fused-ring (bicyclic) bond motifs is 1. The second-order valence-corrected chi connectivity index (χ2v) is 2.90. The second-order valence-electron chi connectivity index (χ2n) is 2.90. The van der Waals surface area contributed by atoms with Gasteiger partial charge in [-0.1, -0.05) is 39.0 Å². The van der Waals surface area contributed by atoms with E-state index >= 15 is 0 Å². The molecule has 0 amide bonds. The van der Waals surface area contributed by atoms with Gasteiger partial charge in [-0.2, -0.15) is 0 Å². The van der Waals surface area contributed by atoms with Crippen LogP contribution in [0.25, 0.3) is 0 Å². The van der Waals surface area contributed by atoms with Gasteiger partial charge >= 0.3 is 0 Å². The van der Waals surface area contributed by atoms with E-state index in [2.05, 4.69) is 25.1 Å². The third-order valence-electron chi connectivity index (χ3n) is 2.25. The third kappa shape index (κ3) is 2.10. The van der Waals surface area contributed by atoms with Gasteiger partial charge in [0, 0.05) is 0 Å². The molecule has 0 saturated heterocycles. The summed E-state index contributed by atoms with van der Waals surface area (Å²) < 4.78 is 5.36. The highest BCUT2D eigenvalue weighted by Gasteiger charge is 2.12. The minimum Gasteiger partial charge on any atom is -0.372 e. The molecule has 1 aromatic carbocycles. The quantitative estimate of drug-likeness (QED) is 0.641. The maximum absolute atomic E-state index is 5.36. The summed E-state index contributed by atoms with van der Waals surface area (Å²) in [6, 6.07) is 6.46. The maximum Gasteiger partial charge on any atom is 0.0727 e. The minimum atomic E-state index is 0.809. The van der Waals surface area contributed by atoms with E-state index in [1.54, 1.807) is 0 Å². The standard InChI is InChI=1S/C10H12O.C2H6/c1-2-8-4-3-5-9-6-11-7-10(8)9;1-2/h3-5H,2,6-7H2,1H3;1-2H3. The number of rotatable bonds is 1. The number of aryl methyl sites for hydroxylation is 1. The topological polar surface area (TPSA) is 9.23 Å². The molecular weight excluding hydrogens is 160 g/mol. The van der Waals surface area contributed by atoms with Crippen LogP contribution in [0.3, 0.4) is 0 Å². The molecule has 0 N–H and O–H groups in total. The van der Waals surface area contributed by atoms with Crippen LogP contribution >= 0.6 is 0 Å². The SMILES string of the molecule is CC.CCc1cccc2c1COC2. The lowest BCUT2D eigenvalue weighted by atomic mass is 10.0. The molecule has 0 radical (unpaired) electrons. The van der Waals surface area contributed by atoms with Gasteiger partial charge in [-0.05, 0) is 23.1 Å². The Morgan fingerprint density at radius 1 is 1.23 bits per heavy atom. The van der Waals surface area contributed by atoms with Gasteiger partial charge in [0.1, 0.15) is 0 Å². The van der Waals surface area contributed by atoms with E-state index in [4.69, 9.17) is 4.74 Å². The van der Waals surface area contributed by atoms with Crippen LogP contribution < -0.4 is 0 Å². The van der Waals surface area contributed by atoms with Crippen molar-refractivity contribution in [2.45, 2.75) is 40.4 Å². The molecule has 0 saturated carbocycles. The molecule has 1 aliphatic heterocycles. The first-order valence-corrected chi connectivity index (χ1v) is 5.09. The van der Waals surface area contributed by atoms with Crippen molar-refractivity contribution in [1.29, 1.82) is 0 Å². The first kappa shape index (κ1) is 10.3. The number of benzene rings is 1. The highest BCUT2D eigenvalue weighted by Crippen LogP contribution is 2.23. The minimum absolute atomic E-state index is 0.809. The van der Waals surface area contributed by atoms with Gasteiger partial charge < -0.3 is 4.74 Å². The Kier molecular flexibility index (Phi) is 3.97. The zero-order valence-electron chi connectivity index (χ0n) is 8.76. The van der Waals surface area contributed by atoms with Crippen LogP contribution in [0.4, 0.5) is 0 Å². The van der Waals surface area contributed by atoms with Gasteiger partial charge in [0.25, 0.3) is 0 Å². The Balaban J connectivity index is 0.000000396. The Hall–Kier alpha value is -0.820. The molecule has 13 heavy (non-hydrogen) atoms. The Morgan fingerprint density at radius 3 is 2.69 bits per heavy atom. The first-order chi connectivity index (χ1) is 6.42. The van der Waals surface area contributed by atoms with E-state index in [0.29, 0.717) is 0 Å². The van der Waals surface area contributed by atoms with Crippen molar-refractivity contribution in [1.82, 2.24) is 0 Å². The van der Waals surface area contributed by atoms with E-state index in [1.165, 1.54) is 16.7 Å². The monoisotopic (exact) mass is 178 g/mol. The summed E-state index contributed by atoms with van der Waals surface area (Å²) in [7, 11) is 0. The number of hydrogen-bond donors (Lipinski definition) is 0. The van der Waals surface area contributed by atoms with E-state index in [9.17, 15) is 0 Å². The molecule has 72 valence electrons. The van der Waals surface area contributed by atoms with Gasteiger partial charge in [0.05, 0.1) is 13.2 Å². The van der Waals surface area contributed by atoms with Gasteiger partial charge in [0.15, 0.2) is 0 Å². The molecule has 0 unspecified atom stereocenters. The molecule has 2 rings (SSSR count). The molecular formula is C12H18O. The number of ether oxygens (including phenoxy) is 1. The fourth-order valence-electron chi connectivity index (χ4n) is 1.60. The van der Waals surface area contributed by atoms with Gasteiger partial charge in [-0.3, -0.25) is 0 Å². The van der Waals surface area contributed by atoms with Crippen molar-refractivity contribution in [3.05, 3.63) is 34.9 Å². The Bertz CT molecular complexity index is 266. The molecule has 0 fully saturated rings. The zero-order valence-corrected chi connectivity index (χ0v) is 8.76. The highest BCUT2D eigenvalue weighted by atomic mass is 16.5. The first-order valence-electron chi connectivity index (χ1n) is 5.09. The molecule has 0 atom stereocenters. The molecule has 1 heterocycles. The van der Waals surface area contributed by atoms with Gasteiger partial charge in [-0.25, -0.2) is 0 Å². The van der Waals surface area contributed by atoms with Gasteiger partial charge in [0.2, 0.25) is 0 Å². The zero-order chi connectivity index (χ0) is 9.68. The van der Waals surface area contributed by atoms with Crippen molar-refractivity contribution < 1.29 is 4.74 Å². The van der Waals surface area contributed by atoms with Crippen LogP contribution in [0.5, 0.6) is 0 Å². The van der Waals surface area contributed by atoms with Crippen LogP contribution in [0.2, 0.25) is 0 Å². The molecule has 0 bridgehead atoms. The summed E-state index contributed by atoms with van der Waals surface area (Å²) in [5.74, 6) is 0. The van der Waals surface area contributed by atoms with Gasteiger partial charge in [-0.15, -0.1) is 0 Å². The normalized spacial score (nSPS) is 13.2. The van der Waals surface area contributed by atoms with Crippen molar-refractivity contribution in [3.8, 4) is 0 Å². The summed E-state index contributed by atoms with van der Waals surface area (Å²) in [4.78, 5) is 0. The van der Waals surface area contributed by atoms with Crippen LogP contribution in [0.15, 0.2) is 18.2 Å². The summed E-state index contributed by atoms with van der Waals surface area (Å²) in [6.07, 6.45) is 1.12. The van der Waals surface area contributed by atoms with Crippen LogP contribution in [-0.2, 0) is 24.4 Å². The van der Waals surface area contributed by atoms with Crippen LogP contribution in [0, 0.1) is 0 Å². The Morgan fingerprint density at radius 2 is 2.00 bits per heavy atom. The van der Waals surface area contributed by atoms with Crippen LogP contribution in [0.1, 0.15) is 37.5 Å². The van der Waals surface area contributed by atoms with E-state index in [0.717, 1.165) is 19.6 Å². The third-order valence-corrected chi connectivity index (χ3v) is 2.25. The maximum atomic E-state index is 5.36. The smallest absolute Gasteiger partial charge is 0.0727 e. The number of hydrogen-bond acceptors (Lipinski definition) is 1. The molecule has 0 spiro atoms. The molecule has 1 aliphatic rings. The lowest BCUT2D eigenvalue weighted by Gasteiger charge is -2.02. The van der Waals surface area contributed by atoms with E-state index in [1.807, 2.05) is 13.8 Å². The lowest BCUT2D eigenvalue weighted by molar-refractivity contribution is 0.134. The molecule has 1 heteroatoms. The summed E-state index contributed by atoms with van der Waals surface area (Å²) in [6.45, 7) is 7.82. The fourth-order valence-corrected chi connectivity index (χ4v) is 1.60. The van der Waals surface area contributed by atoms with E-state index in [-0.39, 0.29) is 0 Å². The predicted molar refractivity (Wildman–Crippen MR) is 55.7 cm³/mol. The Labute approximate surface area is 80.7 Å². The summed E-state index contributed by atoms with van der Waals surface area (Å²) in [5, 5.41) is 0. The van der Waals surface area contributed by atoms with E-state index < -0.39 is 0 Å². The predicted octanol–water partition coefficient (Wildman–Crippen LogP) is 3.31. The molecule has 1 aromatic rings. The average molecular weight is 178 g/mol. The molecule has 1 nitrogen and oxygen atoms in total. The fraction of sp³-hybridized carbons (Fsp3) is 0.500. The summed E-state index contributed by atoms with van der Waals surface area (Å²) >= 11 is 0. The average Bonchev–Trinajstić information content (AvgIpc) is 2.68. The van der Waals surface area contributed by atoms with Crippen molar-refractivity contribution in [3.63, 3.8) is 0 Å². The lowest BCUT2D eigenvalue weighted by Crippen LogP contribution is -1.89. The summed E-state index contributed by atoms with van der Waals surface area (Å²) in [5.41, 5.74) is 4.25. The van der Waals surface area contributed by atoms with Crippen molar-refractivity contribution >= 4 is 0 Å². The van der Waals surface area contributed by atoms with Crippen molar-refractivity contribution in [2.75, 3.05) is 0 Å². The largest absolute Gasteiger partial charge is 0.372 e.